The number of carbonyl (C=O) groups is 1. The number of aromatic nitrogens is 2. The zero-order chi connectivity index (χ0) is 23.8. The number of carbonyl (C=O) groups excluding carboxylic acids is 1. The third kappa shape index (κ3) is 3.92. The number of fused-ring (bicyclic) bond motifs is 1. The number of hydrogen-bond acceptors (Lipinski definition) is 7. The van der Waals surface area contributed by atoms with E-state index >= 15 is 0 Å². The van der Waals surface area contributed by atoms with Gasteiger partial charge in [0.05, 0.1) is 5.56 Å². The van der Waals surface area contributed by atoms with Crippen LogP contribution in [-0.4, -0.2) is 27.0 Å². The highest BCUT2D eigenvalue weighted by Crippen LogP contribution is 2.57. The lowest BCUT2D eigenvalue weighted by molar-refractivity contribution is -0.119. The first-order chi connectivity index (χ1) is 16.4. The molecule has 1 amide bonds. The zero-order valence-electron chi connectivity index (χ0n) is 18.5. The lowest BCUT2D eigenvalue weighted by Gasteiger charge is -2.48. The number of nitrogens with zero attached hydrogens (tertiary/aromatic N) is 3. The number of rotatable bonds is 7. The smallest absolute Gasteiger partial charge is 0.261 e. The molecule has 3 fully saturated rings. The summed E-state index contributed by atoms with van der Waals surface area (Å²) in [5.74, 6) is 2.12. The van der Waals surface area contributed by atoms with Crippen LogP contribution >= 0.6 is 0 Å². The number of anilines is 2. The van der Waals surface area contributed by atoms with E-state index in [1.807, 2.05) is 60.7 Å². The maximum Gasteiger partial charge on any atom is 0.261 e. The third-order valence-corrected chi connectivity index (χ3v) is 6.61. The normalized spacial score (nSPS) is 22.2. The molecule has 3 aromatic rings. The van der Waals surface area contributed by atoms with Crippen LogP contribution in [0.2, 0.25) is 0 Å². The Labute approximate surface area is 197 Å². The third-order valence-electron chi connectivity index (χ3n) is 6.61. The lowest BCUT2D eigenvalue weighted by Crippen LogP contribution is -2.61. The second-order valence-corrected chi connectivity index (χ2v) is 9.01. The van der Waals surface area contributed by atoms with Gasteiger partial charge >= 0.3 is 0 Å². The first kappa shape index (κ1) is 21.5. The van der Waals surface area contributed by atoms with E-state index in [0.717, 1.165) is 42.6 Å². The summed E-state index contributed by atoms with van der Waals surface area (Å²) in [5.41, 5.74) is 7.31. The van der Waals surface area contributed by atoms with Gasteiger partial charge in [-0.2, -0.15) is 5.26 Å². The van der Waals surface area contributed by atoms with Gasteiger partial charge in [0, 0.05) is 11.1 Å². The summed E-state index contributed by atoms with van der Waals surface area (Å²) in [5, 5.41) is 15.5. The molecule has 3 saturated carbocycles. The summed E-state index contributed by atoms with van der Waals surface area (Å²) in [7, 11) is 0. The van der Waals surface area contributed by atoms with E-state index in [1.165, 1.54) is 6.33 Å². The Kier molecular flexibility index (Phi) is 5.17. The Morgan fingerprint density at radius 2 is 1.71 bits per heavy atom. The summed E-state index contributed by atoms with van der Waals surface area (Å²) in [6.07, 6.45) is 4.64. The summed E-state index contributed by atoms with van der Waals surface area (Å²) >= 11 is 0. The molecule has 0 radical (unpaired) electrons. The lowest BCUT2D eigenvalue weighted by atomic mass is 9.71. The minimum Gasteiger partial charge on any atom is -0.457 e. The molecule has 3 aliphatic rings. The molecule has 170 valence electrons. The second-order valence-electron chi connectivity index (χ2n) is 9.01. The van der Waals surface area contributed by atoms with Gasteiger partial charge in [-0.25, -0.2) is 9.97 Å². The first-order valence-corrected chi connectivity index (χ1v) is 11.0. The first-order valence-electron chi connectivity index (χ1n) is 11.0. The van der Waals surface area contributed by atoms with Crippen LogP contribution in [0.5, 0.6) is 11.5 Å². The van der Waals surface area contributed by atoms with Crippen LogP contribution in [0, 0.1) is 11.3 Å². The molecule has 2 bridgehead atoms. The molecule has 3 aliphatic carbocycles. The Balaban J connectivity index is 1.33. The van der Waals surface area contributed by atoms with Crippen molar-refractivity contribution in [3.05, 3.63) is 73.1 Å². The molecule has 6 rings (SSSR count). The van der Waals surface area contributed by atoms with Gasteiger partial charge in [-0.05, 0) is 55.5 Å². The molecule has 1 aromatic heterocycles. The second kappa shape index (κ2) is 8.19. The minimum absolute atomic E-state index is 0.0720. The van der Waals surface area contributed by atoms with Crippen molar-refractivity contribution in [2.75, 3.05) is 11.1 Å². The molecule has 0 atom stereocenters. The van der Waals surface area contributed by atoms with Crippen molar-refractivity contribution < 1.29 is 9.53 Å². The van der Waals surface area contributed by atoms with Crippen LogP contribution in [0.4, 0.5) is 11.6 Å². The van der Waals surface area contributed by atoms with Gasteiger partial charge in [0.25, 0.3) is 5.91 Å². The summed E-state index contributed by atoms with van der Waals surface area (Å²) in [6.45, 7) is 3.50. The number of nitrogens with one attached hydrogen (secondary N) is 2. The highest BCUT2D eigenvalue weighted by molar-refractivity contribution is 5.97. The van der Waals surface area contributed by atoms with Gasteiger partial charge in [0.2, 0.25) is 0 Å². The highest BCUT2D eigenvalue weighted by Gasteiger charge is 2.61. The van der Waals surface area contributed by atoms with Gasteiger partial charge in [-0.15, -0.1) is 0 Å². The minimum atomic E-state index is -0.400. The molecule has 0 saturated heterocycles. The zero-order valence-corrected chi connectivity index (χ0v) is 18.5. The molecule has 1 heterocycles. The van der Waals surface area contributed by atoms with Crippen LogP contribution in [0.15, 0.2) is 73.1 Å². The SMILES string of the molecule is C=C(C#N)C(=O)NC12CCC(Nc3ncnc(N)c3-c3ccc(Oc4ccccc4)cc3)(C1)C2. The molecule has 34 heavy (non-hydrogen) atoms. The predicted molar refractivity (Wildman–Crippen MR) is 129 cm³/mol. The summed E-state index contributed by atoms with van der Waals surface area (Å²) < 4.78 is 5.89. The van der Waals surface area contributed by atoms with Crippen LogP contribution < -0.4 is 21.1 Å². The molecular formula is C26H24N6O2. The molecule has 8 heteroatoms. The number of ether oxygens (including phenoxy) is 1. The van der Waals surface area contributed by atoms with Gasteiger partial charge in [0.1, 0.15) is 41.1 Å². The highest BCUT2D eigenvalue weighted by atomic mass is 16.5. The van der Waals surface area contributed by atoms with Crippen molar-refractivity contribution in [1.29, 1.82) is 5.26 Å². The average molecular weight is 453 g/mol. The van der Waals surface area contributed by atoms with Crippen molar-refractivity contribution in [3.8, 4) is 28.7 Å². The van der Waals surface area contributed by atoms with Crippen LogP contribution in [-0.2, 0) is 4.79 Å². The molecule has 0 aliphatic heterocycles. The van der Waals surface area contributed by atoms with Crippen LogP contribution in [0.3, 0.4) is 0 Å². The van der Waals surface area contributed by atoms with Gasteiger partial charge in [0.15, 0.2) is 0 Å². The van der Waals surface area contributed by atoms with E-state index in [2.05, 4.69) is 27.2 Å². The fourth-order valence-corrected chi connectivity index (χ4v) is 5.09. The van der Waals surface area contributed by atoms with E-state index in [1.54, 1.807) is 0 Å². The van der Waals surface area contributed by atoms with E-state index in [-0.39, 0.29) is 16.7 Å². The standard InChI is InChI=1S/C26H24N6O2/c1-17(13-27)24(33)32-26-12-11-25(14-26,15-26)31-23-21(22(28)29-16-30-23)18-7-9-20(10-8-18)34-19-5-3-2-4-6-19/h2-10,16H,1,11-12,14-15H2,(H,32,33)(H3,28,29,30,31). The van der Waals surface area contributed by atoms with Crippen LogP contribution in [0.25, 0.3) is 11.1 Å². The van der Waals surface area contributed by atoms with E-state index in [0.29, 0.717) is 17.4 Å². The number of benzene rings is 2. The van der Waals surface area contributed by atoms with Crippen molar-refractivity contribution >= 4 is 17.5 Å². The number of hydrogen-bond donors (Lipinski definition) is 3. The summed E-state index contributed by atoms with van der Waals surface area (Å²) in [4.78, 5) is 20.8. The van der Waals surface area contributed by atoms with Crippen molar-refractivity contribution in [1.82, 2.24) is 15.3 Å². The number of nitriles is 1. The number of para-hydroxylation sites is 1. The maximum absolute atomic E-state index is 12.1. The van der Waals surface area contributed by atoms with E-state index < -0.39 is 5.91 Å². The monoisotopic (exact) mass is 452 g/mol. The molecule has 2 aromatic carbocycles. The number of amides is 1. The Hall–Kier alpha value is -4.38. The van der Waals surface area contributed by atoms with Gasteiger partial charge < -0.3 is 21.1 Å². The Morgan fingerprint density at radius 3 is 2.41 bits per heavy atom. The average Bonchev–Trinajstić information content (AvgIpc) is 3.35. The molecule has 0 spiro atoms. The van der Waals surface area contributed by atoms with Crippen LogP contribution in [0.1, 0.15) is 25.7 Å². The van der Waals surface area contributed by atoms with Crippen molar-refractivity contribution in [2.45, 2.75) is 36.8 Å². The van der Waals surface area contributed by atoms with Gasteiger partial charge in [-0.3, -0.25) is 4.79 Å². The van der Waals surface area contributed by atoms with Gasteiger partial charge in [-0.1, -0.05) is 36.9 Å². The fraction of sp³-hybridized carbons (Fsp3) is 0.231. The largest absolute Gasteiger partial charge is 0.457 e. The quantitative estimate of drug-likeness (QED) is 0.362. The Morgan fingerprint density at radius 1 is 1.03 bits per heavy atom. The topological polar surface area (TPSA) is 126 Å². The summed E-state index contributed by atoms with van der Waals surface area (Å²) in [6, 6.07) is 19.0. The molecule has 8 nitrogen and oxygen atoms in total. The van der Waals surface area contributed by atoms with Crippen molar-refractivity contribution in [2.24, 2.45) is 0 Å². The fourth-order valence-electron chi connectivity index (χ4n) is 5.09. The predicted octanol–water partition coefficient (Wildman–Crippen LogP) is 4.19. The maximum atomic E-state index is 12.1. The van der Waals surface area contributed by atoms with E-state index in [4.69, 9.17) is 15.7 Å². The molecule has 0 unspecified atom stereocenters. The Bertz CT molecular complexity index is 1290. The van der Waals surface area contributed by atoms with E-state index in [9.17, 15) is 4.79 Å². The molecule has 4 N–H and O–H groups in total. The number of nitrogens with two attached hydrogens (primary N) is 1. The van der Waals surface area contributed by atoms with Crippen molar-refractivity contribution in [3.63, 3.8) is 0 Å². The molecular weight excluding hydrogens is 428 g/mol. The number of nitrogen functional groups attached to an aromatic ring is 1.